The van der Waals surface area contributed by atoms with Crippen molar-refractivity contribution < 1.29 is 9.18 Å². The van der Waals surface area contributed by atoms with Gasteiger partial charge in [-0.05, 0) is 50.7 Å². The highest BCUT2D eigenvalue weighted by Crippen LogP contribution is 2.42. The van der Waals surface area contributed by atoms with Gasteiger partial charge < -0.3 is 14.7 Å². The third-order valence-electron chi connectivity index (χ3n) is 8.79. The molecule has 2 aliphatic rings. The zero-order chi connectivity index (χ0) is 29.7. The molecule has 2 aromatic carbocycles. The molecule has 2 fully saturated rings. The number of aryl methyl sites for hydroxylation is 1. The van der Waals surface area contributed by atoms with Crippen molar-refractivity contribution in [1.29, 1.82) is 0 Å². The van der Waals surface area contributed by atoms with Crippen LogP contribution in [0.4, 0.5) is 16.2 Å². The summed E-state index contributed by atoms with van der Waals surface area (Å²) in [6, 6.07) is 5.98. The number of nitrogens with one attached hydrogen (secondary N) is 1. The molecule has 2 aromatic heterocycles. The van der Waals surface area contributed by atoms with Gasteiger partial charge in [0, 0.05) is 66.7 Å². The summed E-state index contributed by atoms with van der Waals surface area (Å²) in [6.45, 7) is 17.0. The van der Waals surface area contributed by atoms with Crippen LogP contribution in [0, 0.1) is 12.7 Å². The van der Waals surface area contributed by atoms with Crippen LogP contribution >= 0.6 is 11.6 Å². The molecule has 2 saturated heterocycles. The van der Waals surface area contributed by atoms with Gasteiger partial charge in [0.2, 0.25) is 11.9 Å². The summed E-state index contributed by atoms with van der Waals surface area (Å²) in [6.07, 6.45) is 3.05. The molecule has 6 rings (SSSR count). The quantitative estimate of drug-likeness (QED) is 0.302. The summed E-state index contributed by atoms with van der Waals surface area (Å²) >= 11 is 6.91. The van der Waals surface area contributed by atoms with E-state index >= 15 is 4.39 Å². The van der Waals surface area contributed by atoms with Crippen molar-refractivity contribution in [3.63, 3.8) is 0 Å². The number of aromatic nitrogens is 4. The summed E-state index contributed by atoms with van der Waals surface area (Å²) in [5.41, 5.74) is 2.93. The Labute approximate surface area is 249 Å². The van der Waals surface area contributed by atoms with E-state index in [2.05, 4.69) is 45.3 Å². The van der Waals surface area contributed by atoms with E-state index in [0.717, 1.165) is 42.6 Å². The SMILES string of the molecule is C=CC(=O)N1CCN(c2nc(N3CC(N(CC)CC)C3)nc3c(F)c(-c4c(C)ccc5[nH]ncc45)c(Cl)cc23)C[C@H]1C. The van der Waals surface area contributed by atoms with E-state index in [1.54, 1.807) is 17.2 Å². The molecule has 0 radical (unpaired) electrons. The highest BCUT2D eigenvalue weighted by atomic mass is 35.5. The van der Waals surface area contributed by atoms with Crippen LogP contribution in [-0.4, -0.2) is 93.8 Å². The number of carbonyl (C=O) groups is 1. The van der Waals surface area contributed by atoms with Gasteiger partial charge in [-0.1, -0.05) is 38.1 Å². The number of anilines is 2. The third-order valence-corrected chi connectivity index (χ3v) is 9.09. The van der Waals surface area contributed by atoms with E-state index in [1.807, 2.05) is 26.0 Å². The van der Waals surface area contributed by atoms with Crippen LogP contribution in [0.1, 0.15) is 26.3 Å². The van der Waals surface area contributed by atoms with E-state index in [0.29, 0.717) is 54.0 Å². The molecular weight excluding hydrogens is 555 g/mol. The average molecular weight is 591 g/mol. The highest BCUT2D eigenvalue weighted by molar-refractivity contribution is 6.35. The average Bonchev–Trinajstić information content (AvgIpc) is 3.44. The molecule has 0 unspecified atom stereocenters. The van der Waals surface area contributed by atoms with Gasteiger partial charge in [-0.25, -0.2) is 9.37 Å². The van der Waals surface area contributed by atoms with Crippen LogP contribution in [0.2, 0.25) is 5.02 Å². The first-order valence-corrected chi connectivity index (χ1v) is 14.9. The zero-order valence-electron chi connectivity index (χ0n) is 24.5. The predicted octanol–water partition coefficient (Wildman–Crippen LogP) is 5.03. The minimum atomic E-state index is -0.478. The molecule has 0 spiro atoms. The van der Waals surface area contributed by atoms with E-state index in [-0.39, 0.29) is 22.5 Å². The first kappa shape index (κ1) is 28.4. The number of H-pyrrole nitrogens is 1. The van der Waals surface area contributed by atoms with Crippen LogP contribution in [0.15, 0.2) is 37.1 Å². The Bertz CT molecular complexity index is 1680. The van der Waals surface area contributed by atoms with Crippen LogP contribution < -0.4 is 9.80 Å². The van der Waals surface area contributed by atoms with Gasteiger partial charge in [-0.15, -0.1) is 0 Å². The number of hydrogen-bond acceptors (Lipinski definition) is 7. The smallest absolute Gasteiger partial charge is 0.246 e. The van der Waals surface area contributed by atoms with Gasteiger partial charge in [-0.2, -0.15) is 10.1 Å². The lowest BCUT2D eigenvalue weighted by molar-refractivity contribution is -0.128. The van der Waals surface area contributed by atoms with Gasteiger partial charge in [-0.3, -0.25) is 14.8 Å². The minimum Gasteiger partial charge on any atom is -0.352 e. The molecule has 42 heavy (non-hydrogen) atoms. The molecule has 4 aromatic rings. The number of piperazine rings is 1. The Morgan fingerprint density at radius 3 is 2.60 bits per heavy atom. The summed E-state index contributed by atoms with van der Waals surface area (Å²) < 4.78 is 16.8. The molecule has 220 valence electrons. The summed E-state index contributed by atoms with van der Waals surface area (Å²) in [4.78, 5) is 30.7. The number of nitrogens with zero attached hydrogens (tertiary/aromatic N) is 7. The maximum atomic E-state index is 16.8. The molecule has 4 heterocycles. The molecule has 2 aliphatic heterocycles. The van der Waals surface area contributed by atoms with Crippen LogP contribution in [0.3, 0.4) is 0 Å². The first-order valence-electron chi connectivity index (χ1n) is 14.5. The number of hydrogen-bond donors (Lipinski definition) is 1. The molecule has 1 amide bonds. The summed E-state index contributed by atoms with van der Waals surface area (Å²) in [5, 5.41) is 8.79. The van der Waals surface area contributed by atoms with Crippen molar-refractivity contribution in [1.82, 2.24) is 30.0 Å². The van der Waals surface area contributed by atoms with Gasteiger partial charge in [0.15, 0.2) is 5.82 Å². The lowest BCUT2D eigenvalue weighted by Gasteiger charge is -2.45. The Hall–Kier alpha value is -3.76. The van der Waals surface area contributed by atoms with Gasteiger partial charge in [0.05, 0.1) is 16.7 Å². The number of fused-ring (bicyclic) bond motifs is 2. The summed E-state index contributed by atoms with van der Waals surface area (Å²) in [5.74, 6) is 0.558. The number of halogens is 2. The third kappa shape index (κ3) is 4.66. The van der Waals surface area contributed by atoms with Crippen molar-refractivity contribution in [2.45, 2.75) is 39.8 Å². The van der Waals surface area contributed by atoms with E-state index in [9.17, 15) is 4.79 Å². The van der Waals surface area contributed by atoms with Crippen LogP contribution in [-0.2, 0) is 4.79 Å². The maximum absolute atomic E-state index is 16.8. The molecule has 1 N–H and O–H groups in total. The Kier molecular flexibility index (Phi) is 7.53. The minimum absolute atomic E-state index is 0.0743. The molecule has 0 aliphatic carbocycles. The maximum Gasteiger partial charge on any atom is 0.246 e. The Morgan fingerprint density at radius 1 is 1.14 bits per heavy atom. The molecule has 0 bridgehead atoms. The second-order valence-electron chi connectivity index (χ2n) is 11.2. The lowest BCUT2D eigenvalue weighted by Crippen LogP contribution is -2.60. The Morgan fingerprint density at radius 2 is 1.90 bits per heavy atom. The topological polar surface area (TPSA) is 84.5 Å². The van der Waals surface area contributed by atoms with Crippen molar-refractivity contribution in [2.24, 2.45) is 0 Å². The zero-order valence-corrected chi connectivity index (χ0v) is 25.2. The monoisotopic (exact) mass is 590 g/mol. The van der Waals surface area contributed by atoms with Crippen LogP contribution in [0.5, 0.6) is 0 Å². The van der Waals surface area contributed by atoms with Crippen LogP contribution in [0.25, 0.3) is 32.9 Å². The molecule has 11 heteroatoms. The van der Waals surface area contributed by atoms with Crippen molar-refractivity contribution in [3.05, 3.63) is 53.5 Å². The van der Waals surface area contributed by atoms with Gasteiger partial charge in [0.1, 0.15) is 11.3 Å². The number of aromatic amines is 1. The largest absolute Gasteiger partial charge is 0.352 e. The second-order valence-corrected chi connectivity index (χ2v) is 11.6. The van der Waals surface area contributed by atoms with Crippen molar-refractivity contribution in [3.8, 4) is 11.1 Å². The predicted molar refractivity (Wildman–Crippen MR) is 167 cm³/mol. The number of carbonyl (C=O) groups excluding carboxylic acids is 1. The number of amides is 1. The first-order chi connectivity index (χ1) is 20.2. The van der Waals surface area contributed by atoms with E-state index in [4.69, 9.17) is 21.6 Å². The van der Waals surface area contributed by atoms with E-state index in [1.165, 1.54) is 6.08 Å². The number of rotatable bonds is 7. The van der Waals surface area contributed by atoms with Crippen molar-refractivity contribution in [2.75, 3.05) is 55.6 Å². The lowest BCUT2D eigenvalue weighted by atomic mass is 9.95. The molecule has 1 atom stereocenters. The second kappa shape index (κ2) is 11.1. The molecule has 0 saturated carbocycles. The van der Waals surface area contributed by atoms with Crippen molar-refractivity contribution >= 4 is 51.1 Å². The normalized spacial score (nSPS) is 17.9. The fourth-order valence-electron chi connectivity index (χ4n) is 6.42. The molecular formula is C31H36ClFN8O. The van der Waals surface area contributed by atoms with Gasteiger partial charge >= 0.3 is 0 Å². The fourth-order valence-corrected chi connectivity index (χ4v) is 6.71. The molecule has 9 nitrogen and oxygen atoms in total. The van der Waals surface area contributed by atoms with Gasteiger partial charge in [0.25, 0.3) is 0 Å². The highest BCUT2D eigenvalue weighted by Gasteiger charge is 2.35. The standard InChI is InChI=1S/C31H36ClFN8O/c1-6-25(42)41-12-11-39(15-19(41)5)30-21-13-23(32)27(26-18(4)9-10-24-22(26)14-34-37-24)28(33)29(21)35-31(36-30)40-16-20(17-40)38(7-2)8-3/h6,9-10,13-14,19-20H,1,7-8,11-12,15-17H2,2-5H3,(H,34,37)/t19-/m1/s1. The number of benzene rings is 2. The van der Waals surface area contributed by atoms with E-state index < -0.39 is 5.82 Å². The Balaban J connectivity index is 1.49. The number of likely N-dealkylation sites (N-methyl/N-ethyl adjacent to an activating group) is 1. The fraction of sp³-hybridized carbons (Fsp3) is 0.419. The summed E-state index contributed by atoms with van der Waals surface area (Å²) in [7, 11) is 0.